The molecular formula is C25H22N2O6. The van der Waals surface area contributed by atoms with Crippen molar-refractivity contribution in [2.24, 2.45) is 0 Å². The molecule has 0 saturated heterocycles. The van der Waals surface area contributed by atoms with Gasteiger partial charge in [-0.2, -0.15) is 0 Å². The highest BCUT2D eigenvalue weighted by Crippen LogP contribution is 2.41. The number of fused-ring (bicyclic) bond motifs is 5. The van der Waals surface area contributed by atoms with Crippen LogP contribution < -0.4 is 5.56 Å². The van der Waals surface area contributed by atoms with Crippen molar-refractivity contribution in [1.82, 2.24) is 9.55 Å². The maximum Gasteiger partial charge on any atom is 0.343 e. The van der Waals surface area contributed by atoms with E-state index < -0.39 is 17.5 Å². The van der Waals surface area contributed by atoms with Gasteiger partial charge in [-0.1, -0.05) is 31.7 Å². The number of hydrogen-bond donors (Lipinski definition) is 1. The van der Waals surface area contributed by atoms with Gasteiger partial charge in [-0.05, 0) is 25.5 Å². The second-order valence-electron chi connectivity index (χ2n) is 8.13. The topological polar surface area (TPSA) is 108 Å². The number of hydrogen-bond acceptors (Lipinski definition) is 7. The summed E-state index contributed by atoms with van der Waals surface area (Å²) < 4.78 is 11.8. The van der Waals surface area contributed by atoms with Gasteiger partial charge < -0.3 is 19.1 Å². The van der Waals surface area contributed by atoms with Crippen molar-refractivity contribution >= 4 is 28.4 Å². The number of aromatic nitrogens is 2. The first-order chi connectivity index (χ1) is 15.8. The molecule has 3 aromatic rings. The van der Waals surface area contributed by atoms with Gasteiger partial charge >= 0.3 is 11.9 Å². The van der Waals surface area contributed by atoms with Crippen LogP contribution in [0.3, 0.4) is 0 Å². The first-order valence-corrected chi connectivity index (χ1v) is 10.8. The minimum Gasteiger partial charge on any atom is -0.462 e. The zero-order chi connectivity index (χ0) is 23.5. The zero-order valence-corrected chi connectivity index (χ0v) is 18.3. The molecule has 8 heteroatoms. The molecule has 8 nitrogen and oxygen atoms in total. The largest absolute Gasteiger partial charge is 0.462 e. The van der Waals surface area contributed by atoms with Crippen LogP contribution >= 0.6 is 0 Å². The van der Waals surface area contributed by atoms with E-state index in [4.69, 9.17) is 14.5 Å². The lowest BCUT2D eigenvalue weighted by molar-refractivity contribution is -0.172. The minimum absolute atomic E-state index is 0.0602. The Morgan fingerprint density at radius 1 is 1.27 bits per heavy atom. The minimum atomic E-state index is -1.90. The molecule has 0 radical (unpaired) electrons. The molecule has 0 spiro atoms. The fourth-order valence-corrected chi connectivity index (χ4v) is 4.69. The summed E-state index contributed by atoms with van der Waals surface area (Å²) in [5.74, 6) is -1.32. The lowest BCUT2D eigenvalue weighted by Gasteiger charge is -2.31. The lowest BCUT2D eigenvalue weighted by atomic mass is 9.86. The van der Waals surface area contributed by atoms with Crippen LogP contribution in [0, 0.1) is 0 Å². The number of esters is 2. The monoisotopic (exact) mass is 446 g/mol. The van der Waals surface area contributed by atoms with Crippen molar-refractivity contribution in [2.45, 2.75) is 39.0 Å². The molecule has 0 fully saturated rings. The second kappa shape index (κ2) is 7.38. The van der Waals surface area contributed by atoms with Crippen molar-refractivity contribution in [1.29, 1.82) is 0 Å². The molecule has 2 aliphatic heterocycles. The Hall–Kier alpha value is -3.78. The van der Waals surface area contributed by atoms with Crippen LogP contribution in [0.2, 0.25) is 0 Å². The molecule has 33 heavy (non-hydrogen) atoms. The first-order valence-electron chi connectivity index (χ1n) is 10.8. The maximum absolute atomic E-state index is 13.4. The van der Waals surface area contributed by atoms with E-state index in [0.29, 0.717) is 28.0 Å². The van der Waals surface area contributed by atoms with Gasteiger partial charge in [0.15, 0.2) is 5.60 Å². The molecule has 0 aliphatic carbocycles. The predicted molar refractivity (Wildman–Crippen MR) is 120 cm³/mol. The van der Waals surface area contributed by atoms with E-state index >= 15 is 0 Å². The van der Waals surface area contributed by atoms with Crippen molar-refractivity contribution in [2.75, 3.05) is 6.61 Å². The van der Waals surface area contributed by atoms with Gasteiger partial charge in [0, 0.05) is 22.1 Å². The van der Waals surface area contributed by atoms with Gasteiger partial charge in [0.25, 0.3) is 5.56 Å². The van der Waals surface area contributed by atoms with Gasteiger partial charge in [-0.3, -0.25) is 4.79 Å². The van der Waals surface area contributed by atoms with Crippen LogP contribution in [-0.4, -0.2) is 33.2 Å². The number of aliphatic hydroxyl groups is 1. The summed E-state index contributed by atoms with van der Waals surface area (Å²) in [6, 6.07) is 8.98. The highest BCUT2D eigenvalue weighted by atomic mass is 16.6. The fourth-order valence-electron chi connectivity index (χ4n) is 4.69. The molecular weight excluding hydrogens is 424 g/mol. The molecule has 4 heterocycles. The number of cyclic esters (lactones) is 1. The SMILES string of the molecule is C=C(C(=O)OCC)c1c2c(nc3ccccc13)-c1cc3c(c(=O)n1C2)COC(=O)[C@]3(O)CC. The summed E-state index contributed by atoms with van der Waals surface area (Å²) in [6.07, 6.45) is 0.0602. The Morgan fingerprint density at radius 2 is 2.03 bits per heavy atom. The van der Waals surface area contributed by atoms with E-state index in [9.17, 15) is 19.5 Å². The summed E-state index contributed by atoms with van der Waals surface area (Å²) in [7, 11) is 0. The summed E-state index contributed by atoms with van der Waals surface area (Å²) in [4.78, 5) is 43.2. The van der Waals surface area contributed by atoms with Crippen molar-refractivity contribution < 1.29 is 24.2 Å². The van der Waals surface area contributed by atoms with Crippen molar-refractivity contribution in [3.8, 4) is 11.4 Å². The Balaban J connectivity index is 1.81. The number of carbonyl (C=O) groups is 2. The van der Waals surface area contributed by atoms with Crippen LogP contribution in [0.25, 0.3) is 27.9 Å². The smallest absolute Gasteiger partial charge is 0.343 e. The lowest BCUT2D eigenvalue weighted by Crippen LogP contribution is -2.44. The van der Waals surface area contributed by atoms with E-state index in [0.717, 1.165) is 5.39 Å². The van der Waals surface area contributed by atoms with Crippen LogP contribution in [0.5, 0.6) is 0 Å². The van der Waals surface area contributed by atoms with Gasteiger partial charge in [0.1, 0.15) is 6.61 Å². The molecule has 0 amide bonds. The summed E-state index contributed by atoms with van der Waals surface area (Å²) in [5.41, 5.74) is 1.24. The summed E-state index contributed by atoms with van der Waals surface area (Å²) in [5, 5.41) is 11.8. The molecule has 1 atom stereocenters. The Morgan fingerprint density at radius 3 is 2.76 bits per heavy atom. The van der Waals surface area contributed by atoms with E-state index in [1.807, 2.05) is 24.3 Å². The van der Waals surface area contributed by atoms with Gasteiger partial charge in [0.2, 0.25) is 0 Å². The van der Waals surface area contributed by atoms with Crippen LogP contribution in [0.1, 0.15) is 42.5 Å². The molecule has 1 aromatic carbocycles. The third-order valence-electron chi connectivity index (χ3n) is 6.42. The molecule has 2 aromatic heterocycles. The molecule has 2 aliphatic rings. The van der Waals surface area contributed by atoms with E-state index in [1.54, 1.807) is 19.9 Å². The number of carbonyl (C=O) groups excluding carboxylic acids is 2. The quantitative estimate of drug-likeness (QED) is 0.379. The third kappa shape index (κ3) is 2.87. The third-order valence-corrected chi connectivity index (χ3v) is 6.42. The Bertz CT molecular complexity index is 1440. The molecule has 5 rings (SSSR count). The molecule has 168 valence electrons. The second-order valence-corrected chi connectivity index (χ2v) is 8.13. The number of para-hydroxylation sites is 1. The van der Waals surface area contributed by atoms with Crippen LogP contribution in [0.15, 0.2) is 41.7 Å². The van der Waals surface area contributed by atoms with Gasteiger partial charge in [-0.15, -0.1) is 0 Å². The van der Waals surface area contributed by atoms with Crippen LogP contribution in [-0.2, 0) is 37.8 Å². The molecule has 0 unspecified atom stereocenters. The first kappa shape index (κ1) is 21.1. The van der Waals surface area contributed by atoms with Crippen LogP contribution in [0.4, 0.5) is 0 Å². The normalized spacial score (nSPS) is 18.3. The average Bonchev–Trinajstić information content (AvgIpc) is 3.18. The number of rotatable bonds is 4. The molecule has 0 bridgehead atoms. The van der Waals surface area contributed by atoms with Gasteiger partial charge in [0.05, 0.1) is 41.2 Å². The van der Waals surface area contributed by atoms with Gasteiger partial charge in [-0.25, -0.2) is 14.6 Å². The van der Waals surface area contributed by atoms with Crippen molar-refractivity contribution in [3.63, 3.8) is 0 Å². The Labute approximate surface area is 189 Å². The van der Waals surface area contributed by atoms with Crippen molar-refractivity contribution in [3.05, 3.63) is 69.5 Å². The Kier molecular flexibility index (Phi) is 4.72. The molecule has 0 saturated carbocycles. The fraction of sp³-hybridized carbons (Fsp3) is 0.280. The standard InChI is InChI=1S/C25H22N2O6/c1-4-25(31)17-10-19-21-15(11-27(19)22(28)16(17)12-33-24(25)30)20(13(3)23(29)32-5-2)14-8-6-7-9-18(14)26-21/h6-10,31H,3-5,11-12H2,1-2H3/t25-/m0/s1. The molecule has 1 N–H and O–H groups in total. The number of ether oxygens (including phenoxy) is 2. The average molecular weight is 446 g/mol. The maximum atomic E-state index is 13.4. The highest BCUT2D eigenvalue weighted by Gasteiger charge is 2.45. The number of benzene rings is 1. The predicted octanol–water partition coefficient (Wildman–Crippen LogP) is 2.66. The van der Waals surface area contributed by atoms with E-state index in [-0.39, 0.29) is 48.4 Å². The summed E-state index contributed by atoms with van der Waals surface area (Å²) in [6.45, 7) is 7.53. The number of nitrogens with zero attached hydrogens (tertiary/aromatic N) is 2. The number of pyridine rings is 2. The van der Waals surface area contributed by atoms with E-state index in [2.05, 4.69) is 6.58 Å². The highest BCUT2D eigenvalue weighted by molar-refractivity contribution is 6.20. The van der Waals surface area contributed by atoms with E-state index in [1.165, 1.54) is 4.57 Å². The summed E-state index contributed by atoms with van der Waals surface area (Å²) >= 11 is 0. The zero-order valence-electron chi connectivity index (χ0n) is 18.3.